The number of hydrogen-bond donors (Lipinski definition) is 1. The van der Waals surface area contributed by atoms with E-state index in [9.17, 15) is 17.2 Å². The van der Waals surface area contributed by atoms with Gasteiger partial charge in [0.25, 0.3) is 0 Å². The lowest BCUT2D eigenvalue weighted by Crippen LogP contribution is -2.40. The van der Waals surface area contributed by atoms with Crippen LogP contribution in [0.2, 0.25) is 0 Å². The highest BCUT2D eigenvalue weighted by molar-refractivity contribution is 7.90. The van der Waals surface area contributed by atoms with Crippen molar-refractivity contribution in [3.63, 3.8) is 0 Å². The summed E-state index contributed by atoms with van der Waals surface area (Å²) in [6.45, 7) is 4.69. The number of halogens is 2. The second-order valence-corrected chi connectivity index (χ2v) is 13.4. The number of benzene rings is 1. The number of fused-ring (bicyclic) bond motifs is 5. The number of aromatic nitrogens is 4. The molecular weight excluding hydrogens is 524 g/mol. The van der Waals surface area contributed by atoms with E-state index >= 15 is 0 Å². The van der Waals surface area contributed by atoms with Gasteiger partial charge in [-0.3, -0.25) is 5.43 Å². The molecule has 0 unspecified atom stereocenters. The predicted octanol–water partition coefficient (Wildman–Crippen LogP) is 3.92. The van der Waals surface area contributed by atoms with Gasteiger partial charge in [0.2, 0.25) is 5.95 Å². The van der Waals surface area contributed by atoms with Crippen molar-refractivity contribution in [3.05, 3.63) is 65.1 Å². The van der Waals surface area contributed by atoms with Gasteiger partial charge in [0.05, 0.1) is 33.8 Å². The Balaban J connectivity index is 1.32. The molecule has 39 heavy (non-hydrogen) atoms. The molecule has 2 aliphatic carbocycles. The zero-order chi connectivity index (χ0) is 27.6. The number of rotatable bonds is 7. The normalized spacial score (nSPS) is 23.1. The summed E-state index contributed by atoms with van der Waals surface area (Å²) in [7, 11) is -3.03. The minimum absolute atomic E-state index is 0.101. The number of nitrogens with one attached hydrogen (secondary N) is 1. The minimum atomic E-state index is -3.03. The number of sulfone groups is 1. The average molecular weight is 554 g/mol. The van der Waals surface area contributed by atoms with E-state index < -0.39 is 26.9 Å². The van der Waals surface area contributed by atoms with Crippen molar-refractivity contribution in [2.24, 2.45) is 10.4 Å². The second-order valence-electron chi connectivity index (χ2n) is 11.1. The second kappa shape index (κ2) is 9.00. The Morgan fingerprint density at radius 1 is 1.15 bits per heavy atom. The van der Waals surface area contributed by atoms with Crippen LogP contribution in [-0.2, 0) is 15.3 Å². The summed E-state index contributed by atoms with van der Waals surface area (Å²) in [6, 6.07) is 7.47. The molecule has 2 bridgehead atoms. The Bertz CT molecular complexity index is 1590. The summed E-state index contributed by atoms with van der Waals surface area (Å²) in [4.78, 5) is 13.9. The molecule has 1 aromatic carbocycles. The molecule has 1 aliphatic heterocycles. The van der Waals surface area contributed by atoms with Crippen LogP contribution in [0.3, 0.4) is 0 Å². The van der Waals surface area contributed by atoms with Gasteiger partial charge < -0.3 is 0 Å². The zero-order valence-electron chi connectivity index (χ0n) is 21.9. The molecule has 0 spiro atoms. The van der Waals surface area contributed by atoms with E-state index in [0.717, 1.165) is 29.8 Å². The highest BCUT2D eigenvalue weighted by Gasteiger charge is 2.65. The molecule has 0 amide bonds. The molecule has 12 heteroatoms. The molecule has 6 rings (SSSR count). The van der Waals surface area contributed by atoms with Crippen LogP contribution in [0, 0.1) is 17.0 Å². The highest BCUT2D eigenvalue weighted by atomic mass is 32.2. The molecule has 3 aromatic rings. The van der Waals surface area contributed by atoms with Gasteiger partial charge in [-0.25, -0.2) is 37.2 Å². The van der Waals surface area contributed by atoms with E-state index in [1.54, 1.807) is 17.3 Å². The highest BCUT2D eigenvalue weighted by Crippen LogP contribution is 2.69. The summed E-state index contributed by atoms with van der Waals surface area (Å²) in [6.07, 6.45) is 5.63. The maximum Gasteiger partial charge on any atom is 0.246 e. The lowest BCUT2D eigenvalue weighted by atomic mass is 9.66. The lowest BCUT2D eigenvalue weighted by Gasteiger charge is -2.37. The molecule has 1 saturated carbocycles. The molecule has 9 nitrogen and oxygen atoms in total. The summed E-state index contributed by atoms with van der Waals surface area (Å²) in [5.41, 5.74) is 4.96. The van der Waals surface area contributed by atoms with Crippen molar-refractivity contribution in [1.82, 2.24) is 25.6 Å². The fourth-order valence-electron chi connectivity index (χ4n) is 6.61. The Morgan fingerprint density at radius 2 is 1.92 bits per heavy atom. The van der Waals surface area contributed by atoms with Gasteiger partial charge in [0, 0.05) is 18.9 Å². The van der Waals surface area contributed by atoms with Crippen molar-refractivity contribution in [3.8, 4) is 11.3 Å². The van der Waals surface area contributed by atoms with Gasteiger partial charge in [-0.15, -0.1) is 5.10 Å². The van der Waals surface area contributed by atoms with Crippen molar-refractivity contribution >= 4 is 21.6 Å². The Labute approximate surface area is 225 Å². The van der Waals surface area contributed by atoms with Crippen molar-refractivity contribution in [2.75, 3.05) is 23.7 Å². The number of hydrazine groups is 1. The molecule has 0 radical (unpaired) electrons. The standard InChI is InChI=1S/C27H29F2N7O2S/c1-26(2)17-9-11-27(26,24-16(17)14-20(33-34-24)23-18(28)6-4-7-19(23)29)21-10-12-30-25(32-21)36-15-31-22(35-36)8-5-13-39(3,37)38/h4,6-7,10,12,14,17H,5,8-9,11,13,15H2,1-3H3,(H,31,35)/t17-,27-/m0/s1. The summed E-state index contributed by atoms with van der Waals surface area (Å²) < 4.78 is 52.0. The number of anilines is 1. The van der Waals surface area contributed by atoms with E-state index in [2.05, 4.69) is 39.4 Å². The topological polar surface area (TPSA) is 113 Å². The SMILES string of the molecule is CC1(C)[C@H]2CC[C@]1(c1ccnc(N3CN=C(CCCS(C)(=O)=O)N3)n1)c1nnc(-c3c(F)cccc3F)cc12. The van der Waals surface area contributed by atoms with Gasteiger partial charge in [-0.05, 0) is 60.4 Å². The Hall–Kier alpha value is -3.54. The average Bonchev–Trinajstić information content (AvgIpc) is 3.51. The summed E-state index contributed by atoms with van der Waals surface area (Å²) >= 11 is 0. The molecule has 2 atom stereocenters. The first-order valence-electron chi connectivity index (χ1n) is 12.9. The van der Waals surface area contributed by atoms with Crippen LogP contribution in [-0.4, -0.2) is 53.1 Å². The Morgan fingerprint density at radius 3 is 2.67 bits per heavy atom. The fraction of sp³-hybridized carbons (Fsp3) is 0.444. The Kier molecular flexibility index (Phi) is 5.94. The van der Waals surface area contributed by atoms with E-state index in [1.807, 2.05) is 6.07 Å². The third kappa shape index (κ3) is 4.07. The van der Waals surface area contributed by atoms with Crippen molar-refractivity contribution < 1.29 is 17.2 Å². The molecule has 204 valence electrons. The molecular formula is C27H29F2N7O2S. The number of hydrogen-bond acceptors (Lipinski definition) is 9. The van der Waals surface area contributed by atoms with Crippen LogP contribution in [0.25, 0.3) is 11.3 Å². The number of nitrogens with zero attached hydrogens (tertiary/aromatic N) is 6. The molecule has 2 aromatic heterocycles. The number of aliphatic imine (C=N–C) groups is 1. The van der Waals surface area contributed by atoms with E-state index in [4.69, 9.17) is 4.98 Å². The third-order valence-electron chi connectivity index (χ3n) is 8.52. The molecule has 3 heterocycles. The van der Waals surface area contributed by atoms with Gasteiger partial charge in [0.1, 0.15) is 34.0 Å². The predicted molar refractivity (Wildman–Crippen MR) is 143 cm³/mol. The zero-order valence-corrected chi connectivity index (χ0v) is 22.8. The van der Waals surface area contributed by atoms with E-state index in [1.165, 1.54) is 24.5 Å². The lowest BCUT2D eigenvalue weighted by molar-refractivity contribution is 0.242. The van der Waals surface area contributed by atoms with E-state index in [0.29, 0.717) is 31.3 Å². The first kappa shape index (κ1) is 25.7. The van der Waals surface area contributed by atoms with Crippen LogP contribution in [0.15, 0.2) is 41.5 Å². The van der Waals surface area contributed by atoms with Gasteiger partial charge >= 0.3 is 0 Å². The summed E-state index contributed by atoms with van der Waals surface area (Å²) in [5.74, 6) is 0.0383. The van der Waals surface area contributed by atoms with Crippen LogP contribution in [0.5, 0.6) is 0 Å². The van der Waals surface area contributed by atoms with E-state index in [-0.39, 0.29) is 28.3 Å². The molecule has 3 aliphatic rings. The maximum atomic E-state index is 14.5. The fourth-order valence-corrected chi connectivity index (χ4v) is 7.27. The third-order valence-corrected chi connectivity index (χ3v) is 9.55. The minimum Gasteiger partial charge on any atom is -0.281 e. The quantitative estimate of drug-likeness (QED) is 0.469. The maximum absolute atomic E-state index is 14.5. The van der Waals surface area contributed by atoms with Crippen LogP contribution in [0.4, 0.5) is 14.7 Å². The first-order chi connectivity index (χ1) is 18.5. The van der Waals surface area contributed by atoms with Crippen LogP contribution in [0.1, 0.15) is 62.4 Å². The van der Waals surface area contributed by atoms with Crippen molar-refractivity contribution in [1.29, 1.82) is 0 Å². The van der Waals surface area contributed by atoms with Crippen molar-refractivity contribution in [2.45, 2.75) is 50.9 Å². The van der Waals surface area contributed by atoms with Gasteiger partial charge in [0.15, 0.2) is 0 Å². The van der Waals surface area contributed by atoms with Gasteiger partial charge in [-0.1, -0.05) is 19.9 Å². The molecule has 1 fully saturated rings. The first-order valence-corrected chi connectivity index (χ1v) is 15.0. The van der Waals surface area contributed by atoms with Gasteiger partial charge in [-0.2, -0.15) is 5.10 Å². The largest absolute Gasteiger partial charge is 0.281 e. The molecule has 0 saturated heterocycles. The summed E-state index contributed by atoms with van der Waals surface area (Å²) in [5, 5.41) is 10.6. The van der Waals surface area contributed by atoms with Crippen LogP contribution >= 0.6 is 0 Å². The number of amidine groups is 1. The monoisotopic (exact) mass is 553 g/mol. The van der Waals surface area contributed by atoms with Crippen LogP contribution < -0.4 is 10.4 Å². The smallest absolute Gasteiger partial charge is 0.246 e. The molecule has 1 N–H and O–H groups in total.